The normalized spacial score (nSPS) is 14.1. The number of thiophene rings is 1. The van der Waals surface area contributed by atoms with Crippen molar-refractivity contribution in [3.05, 3.63) is 17.0 Å². The molecule has 1 rings (SSSR count). The zero-order chi connectivity index (χ0) is 15.6. The predicted molar refractivity (Wildman–Crippen MR) is 79.5 cm³/mol. The molecule has 0 saturated carbocycles. The van der Waals surface area contributed by atoms with Gasteiger partial charge in [-0.15, -0.1) is 11.3 Å². The van der Waals surface area contributed by atoms with Gasteiger partial charge in [0.25, 0.3) is 10.0 Å². The largest absolute Gasteiger partial charge is 0.446 e. The molecule has 0 aliphatic rings. The number of carbonyl (C=O) groups is 1. The minimum atomic E-state index is -3.61. The molecule has 0 radical (unpaired) electrons. The molecule has 0 amide bonds. The minimum absolute atomic E-state index is 0.144. The highest BCUT2D eigenvalue weighted by Gasteiger charge is 2.26. The second-order valence-electron chi connectivity index (χ2n) is 5.31. The molecule has 1 N–H and O–H groups in total. The van der Waals surface area contributed by atoms with Crippen LogP contribution >= 0.6 is 22.9 Å². The van der Waals surface area contributed by atoms with Crippen LogP contribution in [0.3, 0.4) is 0 Å². The van der Waals surface area contributed by atoms with Crippen LogP contribution in [-0.2, 0) is 26.0 Å². The first-order valence-electron chi connectivity index (χ1n) is 5.93. The molecule has 5 nitrogen and oxygen atoms in total. The van der Waals surface area contributed by atoms with E-state index in [-0.39, 0.29) is 10.6 Å². The number of carbonyl (C=O) groups excluding carboxylic acids is 1. The third-order valence-corrected chi connectivity index (χ3v) is 5.64. The van der Waals surface area contributed by atoms with E-state index in [0.29, 0.717) is 5.56 Å². The number of hydrogen-bond donors (Lipinski definition) is 1. The number of alkyl halides is 1. The van der Waals surface area contributed by atoms with Crippen LogP contribution in [0.5, 0.6) is 0 Å². The summed E-state index contributed by atoms with van der Waals surface area (Å²) in [4.78, 5) is 10.8. The Balaban J connectivity index is 2.94. The Morgan fingerprint density at radius 1 is 1.50 bits per heavy atom. The van der Waals surface area contributed by atoms with E-state index in [1.807, 2.05) is 0 Å². The number of ether oxygens (including phenoxy) is 1. The van der Waals surface area contributed by atoms with Gasteiger partial charge in [0, 0.05) is 18.9 Å². The highest BCUT2D eigenvalue weighted by molar-refractivity contribution is 7.91. The van der Waals surface area contributed by atoms with Crippen molar-refractivity contribution in [2.45, 2.75) is 49.4 Å². The minimum Gasteiger partial charge on any atom is -0.446 e. The molecule has 114 valence electrons. The van der Waals surface area contributed by atoms with Gasteiger partial charge in [-0.05, 0) is 37.8 Å². The number of hydrogen-bond acceptors (Lipinski definition) is 5. The first-order valence-corrected chi connectivity index (χ1v) is 8.73. The van der Waals surface area contributed by atoms with Crippen LogP contribution in [0, 0.1) is 0 Å². The van der Waals surface area contributed by atoms with E-state index in [4.69, 9.17) is 16.3 Å². The number of halogens is 1. The van der Waals surface area contributed by atoms with E-state index in [0.717, 1.165) is 11.3 Å². The zero-order valence-corrected chi connectivity index (χ0v) is 14.2. The lowest BCUT2D eigenvalue weighted by molar-refractivity contribution is -0.142. The highest BCUT2D eigenvalue weighted by atomic mass is 35.5. The molecule has 8 heteroatoms. The average molecular weight is 340 g/mol. The van der Waals surface area contributed by atoms with Crippen molar-refractivity contribution in [3.8, 4) is 0 Å². The summed E-state index contributed by atoms with van der Waals surface area (Å²) in [5, 5.41) is 1.67. The van der Waals surface area contributed by atoms with Gasteiger partial charge >= 0.3 is 5.97 Å². The quantitative estimate of drug-likeness (QED) is 0.660. The maximum Gasteiger partial charge on any atom is 0.304 e. The van der Waals surface area contributed by atoms with Crippen molar-refractivity contribution < 1.29 is 17.9 Å². The fourth-order valence-electron chi connectivity index (χ4n) is 1.55. The van der Waals surface area contributed by atoms with Gasteiger partial charge in [-0.25, -0.2) is 13.1 Å². The molecule has 1 aromatic heterocycles. The molecular weight excluding hydrogens is 322 g/mol. The van der Waals surface area contributed by atoms with Crippen LogP contribution in [0.25, 0.3) is 0 Å². The lowest BCUT2D eigenvalue weighted by Gasteiger charge is -2.20. The van der Waals surface area contributed by atoms with Crippen LogP contribution in [0.4, 0.5) is 0 Å². The van der Waals surface area contributed by atoms with Crippen LogP contribution in [0.1, 0.15) is 33.3 Å². The molecule has 1 atom stereocenters. The summed E-state index contributed by atoms with van der Waals surface area (Å²) >= 11 is 6.98. The van der Waals surface area contributed by atoms with E-state index in [1.165, 1.54) is 6.92 Å². The second kappa shape index (κ2) is 6.43. The van der Waals surface area contributed by atoms with E-state index >= 15 is 0 Å². The average Bonchev–Trinajstić information content (AvgIpc) is 2.60. The van der Waals surface area contributed by atoms with E-state index in [2.05, 4.69) is 4.72 Å². The topological polar surface area (TPSA) is 72.5 Å². The van der Waals surface area contributed by atoms with Crippen molar-refractivity contribution in [3.63, 3.8) is 0 Å². The third-order valence-electron chi connectivity index (χ3n) is 2.07. The van der Waals surface area contributed by atoms with Crippen LogP contribution in [-0.4, -0.2) is 25.5 Å². The van der Waals surface area contributed by atoms with Crippen molar-refractivity contribution in [1.82, 2.24) is 4.72 Å². The van der Waals surface area contributed by atoms with Gasteiger partial charge in [-0.3, -0.25) is 4.79 Å². The second-order valence-corrected chi connectivity index (χ2v) is 8.59. The summed E-state index contributed by atoms with van der Waals surface area (Å²) in [5.74, 6) is -0.502. The van der Waals surface area contributed by atoms with E-state index in [9.17, 15) is 13.2 Å². The molecular formula is C12H18ClNO4S2. The maximum atomic E-state index is 12.3. The molecule has 0 aromatic carbocycles. The van der Waals surface area contributed by atoms with Gasteiger partial charge in [0.05, 0.1) is 0 Å². The summed E-state index contributed by atoms with van der Waals surface area (Å²) in [6, 6.07) is 1.67. The van der Waals surface area contributed by atoms with Crippen LogP contribution in [0.15, 0.2) is 15.7 Å². The molecule has 1 unspecified atom stereocenters. The molecule has 0 aliphatic carbocycles. The van der Waals surface area contributed by atoms with Gasteiger partial charge in [0.1, 0.15) is 4.21 Å². The van der Waals surface area contributed by atoms with Gasteiger partial charge in [0.15, 0.2) is 5.56 Å². The van der Waals surface area contributed by atoms with Crippen LogP contribution in [0.2, 0.25) is 0 Å². The fraction of sp³-hybridized carbons (Fsp3) is 0.583. The fourth-order valence-corrected chi connectivity index (χ4v) is 4.70. The molecule has 20 heavy (non-hydrogen) atoms. The Morgan fingerprint density at radius 3 is 2.60 bits per heavy atom. The standard InChI is InChI=1S/C12H18ClNO4S2/c1-8(15)18-10(13)7-9-5-6-19-11(9)20(16,17)14-12(2,3)4/h5-6,10,14H,7H2,1-4H3. The molecule has 0 fully saturated rings. The lowest BCUT2D eigenvalue weighted by atomic mass is 10.1. The van der Waals surface area contributed by atoms with Gasteiger partial charge in [0.2, 0.25) is 0 Å². The zero-order valence-electron chi connectivity index (χ0n) is 11.8. The number of nitrogens with one attached hydrogen (secondary N) is 1. The van der Waals surface area contributed by atoms with Gasteiger partial charge < -0.3 is 4.74 Å². The van der Waals surface area contributed by atoms with E-state index < -0.39 is 27.1 Å². The van der Waals surface area contributed by atoms with Gasteiger partial charge in [-0.2, -0.15) is 0 Å². The lowest BCUT2D eigenvalue weighted by Crippen LogP contribution is -2.40. The Labute approximate surface area is 128 Å². The Bertz CT molecular complexity index is 575. The first-order chi connectivity index (χ1) is 9.01. The van der Waals surface area contributed by atoms with Crippen molar-refractivity contribution in [2.24, 2.45) is 0 Å². The van der Waals surface area contributed by atoms with Crippen molar-refractivity contribution in [2.75, 3.05) is 0 Å². The molecule has 0 bridgehead atoms. The van der Waals surface area contributed by atoms with Crippen molar-refractivity contribution in [1.29, 1.82) is 0 Å². The summed E-state index contributed by atoms with van der Waals surface area (Å²) in [7, 11) is -3.61. The monoisotopic (exact) mass is 339 g/mol. The molecule has 0 saturated heterocycles. The molecule has 1 aromatic rings. The molecule has 0 spiro atoms. The van der Waals surface area contributed by atoms with E-state index in [1.54, 1.807) is 32.2 Å². The third kappa shape index (κ3) is 5.40. The first kappa shape index (κ1) is 17.4. The van der Waals surface area contributed by atoms with Crippen molar-refractivity contribution >= 4 is 38.9 Å². The summed E-state index contributed by atoms with van der Waals surface area (Å²) in [6.07, 6.45) is 0.144. The smallest absolute Gasteiger partial charge is 0.304 e. The Hall–Kier alpha value is -0.630. The van der Waals surface area contributed by atoms with Gasteiger partial charge in [-0.1, -0.05) is 11.6 Å². The maximum absolute atomic E-state index is 12.3. The number of esters is 1. The predicted octanol–water partition coefficient (Wildman–Crippen LogP) is 2.50. The summed E-state index contributed by atoms with van der Waals surface area (Å²) < 4.78 is 32.2. The SMILES string of the molecule is CC(=O)OC(Cl)Cc1ccsc1S(=O)(=O)NC(C)(C)C. The Kier molecular flexibility index (Phi) is 5.60. The number of sulfonamides is 1. The molecule has 0 aliphatic heterocycles. The summed E-state index contributed by atoms with van der Waals surface area (Å²) in [5.41, 5.74) is -0.922. The summed E-state index contributed by atoms with van der Waals surface area (Å²) in [6.45, 7) is 6.55. The highest BCUT2D eigenvalue weighted by Crippen LogP contribution is 2.26. The molecule has 1 heterocycles. The van der Waals surface area contributed by atoms with Crippen LogP contribution < -0.4 is 4.72 Å². The number of rotatable bonds is 5. The Morgan fingerprint density at radius 2 is 2.10 bits per heavy atom.